The Labute approximate surface area is 117 Å². The van der Waals surface area contributed by atoms with Gasteiger partial charge in [0.05, 0.1) is 12.1 Å². The molecule has 0 amide bonds. The fourth-order valence-corrected chi connectivity index (χ4v) is 3.18. The van der Waals surface area contributed by atoms with Gasteiger partial charge in [-0.25, -0.2) is 0 Å². The van der Waals surface area contributed by atoms with Crippen molar-refractivity contribution in [2.45, 2.75) is 51.2 Å². The smallest absolute Gasteiger partial charge is 0.0788 e. The molecule has 0 saturated heterocycles. The van der Waals surface area contributed by atoms with Crippen molar-refractivity contribution < 1.29 is 4.74 Å². The number of ether oxygens (including phenoxy) is 1. The maximum atomic E-state index is 5.74. The van der Waals surface area contributed by atoms with Crippen LogP contribution in [0.5, 0.6) is 0 Å². The average molecular weight is 261 g/mol. The first-order valence-corrected chi connectivity index (χ1v) is 7.48. The first kappa shape index (κ1) is 14.5. The normalized spacial score (nSPS) is 19.2. The summed E-state index contributed by atoms with van der Waals surface area (Å²) in [5, 5.41) is 3.47. The van der Waals surface area contributed by atoms with E-state index in [4.69, 9.17) is 4.74 Å². The van der Waals surface area contributed by atoms with Crippen molar-refractivity contribution in [3.05, 3.63) is 35.4 Å². The van der Waals surface area contributed by atoms with Gasteiger partial charge in [0.2, 0.25) is 0 Å². The van der Waals surface area contributed by atoms with Crippen LogP contribution < -0.4 is 5.32 Å². The van der Waals surface area contributed by atoms with Crippen LogP contribution in [-0.2, 0) is 4.74 Å². The monoisotopic (exact) mass is 261 g/mol. The van der Waals surface area contributed by atoms with E-state index in [9.17, 15) is 0 Å². The Kier molecular flexibility index (Phi) is 5.00. The van der Waals surface area contributed by atoms with Crippen molar-refractivity contribution >= 4 is 0 Å². The van der Waals surface area contributed by atoms with Crippen molar-refractivity contribution in [3.63, 3.8) is 0 Å². The van der Waals surface area contributed by atoms with E-state index in [1.54, 1.807) is 0 Å². The van der Waals surface area contributed by atoms with Gasteiger partial charge in [-0.1, -0.05) is 44.5 Å². The number of hydrogen-bond acceptors (Lipinski definition) is 2. The second kappa shape index (κ2) is 6.53. The highest BCUT2D eigenvalue weighted by molar-refractivity contribution is 5.35. The number of benzene rings is 1. The molecule has 2 nitrogen and oxygen atoms in total. The molecule has 0 aromatic heterocycles. The molecular weight excluding hydrogens is 234 g/mol. The molecular formula is C17H27NO. The predicted molar refractivity (Wildman–Crippen MR) is 80.5 cm³/mol. The van der Waals surface area contributed by atoms with Crippen molar-refractivity contribution in [3.8, 4) is 0 Å². The summed E-state index contributed by atoms with van der Waals surface area (Å²) in [7, 11) is 3.86. The van der Waals surface area contributed by atoms with Crippen LogP contribution in [0.15, 0.2) is 24.3 Å². The van der Waals surface area contributed by atoms with Crippen LogP contribution in [0.2, 0.25) is 0 Å². The fraction of sp³-hybridized carbons (Fsp3) is 0.647. The molecule has 1 fully saturated rings. The summed E-state index contributed by atoms with van der Waals surface area (Å²) in [6.07, 6.45) is 4.27. The van der Waals surface area contributed by atoms with E-state index >= 15 is 0 Å². The molecule has 1 aliphatic carbocycles. The standard InChI is InChI=1S/C17H27NO/c1-12(2)17(19-4)16(18-3)15-11-6-5-10-14(15)13-8-7-9-13/h5-6,10-13,16-18H,7-9H2,1-4H3. The van der Waals surface area contributed by atoms with E-state index in [0.717, 1.165) is 5.92 Å². The molecule has 0 aliphatic heterocycles. The number of methoxy groups -OCH3 is 1. The first-order valence-electron chi connectivity index (χ1n) is 7.48. The van der Waals surface area contributed by atoms with E-state index in [-0.39, 0.29) is 12.1 Å². The molecule has 0 bridgehead atoms. The van der Waals surface area contributed by atoms with E-state index in [1.165, 1.54) is 30.4 Å². The molecule has 0 spiro atoms. The van der Waals surface area contributed by atoms with Gasteiger partial charge in [0.1, 0.15) is 0 Å². The molecule has 2 heteroatoms. The Hall–Kier alpha value is -0.860. The van der Waals surface area contributed by atoms with Gasteiger partial charge < -0.3 is 10.1 Å². The SMILES string of the molecule is CNC(c1ccccc1C1CCC1)C(OC)C(C)C. The molecule has 2 rings (SSSR count). The van der Waals surface area contributed by atoms with Crippen LogP contribution in [0, 0.1) is 5.92 Å². The number of rotatable bonds is 6. The molecule has 1 saturated carbocycles. The van der Waals surface area contributed by atoms with Crippen LogP contribution in [0.1, 0.15) is 56.2 Å². The zero-order valence-electron chi connectivity index (χ0n) is 12.6. The molecule has 19 heavy (non-hydrogen) atoms. The summed E-state index contributed by atoms with van der Waals surface area (Å²) in [6.45, 7) is 4.45. The van der Waals surface area contributed by atoms with Crippen LogP contribution in [0.3, 0.4) is 0 Å². The summed E-state index contributed by atoms with van der Waals surface area (Å²) >= 11 is 0. The fourth-order valence-electron chi connectivity index (χ4n) is 3.18. The molecule has 2 unspecified atom stereocenters. The third-order valence-electron chi connectivity index (χ3n) is 4.44. The lowest BCUT2D eigenvalue weighted by molar-refractivity contribution is 0.0344. The molecule has 1 N–H and O–H groups in total. The van der Waals surface area contributed by atoms with Crippen molar-refractivity contribution in [1.29, 1.82) is 0 Å². The summed E-state index contributed by atoms with van der Waals surface area (Å²) in [5.41, 5.74) is 2.95. The second-order valence-corrected chi connectivity index (χ2v) is 5.97. The van der Waals surface area contributed by atoms with Crippen LogP contribution in [0.4, 0.5) is 0 Å². The summed E-state index contributed by atoms with van der Waals surface area (Å²) in [6, 6.07) is 9.16. The quantitative estimate of drug-likeness (QED) is 0.839. The Bertz CT molecular complexity index is 398. The Morgan fingerprint density at radius 2 is 1.89 bits per heavy atom. The highest BCUT2D eigenvalue weighted by atomic mass is 16.5. The van der Waals surface area contributed by atoms with Crippen LogP contribution in [0.25, 0.3) is 0 Å². The van der Waals surface area contributed by atoms with Gasteiger partial charge in [0.15, 0.2) is 0 Å². The maximum Gasteiger partial charge on any atom is 0.0788 e. The maximum absolute atomic E-state index is 5.74. The largest absolute Gasteiger partial charge is 0.379 e. The van der Waals surface area contributed by atoms with E-state index in [2.05, 4.69) is 43.4 Å². The van der Waals surface area contributed by atoms with Crippen LogP contribution >= 0.6 is 0 Å². The predicted octanol–water partition coefficient (Wildman–Crippen LogP) is 3.89. The minimum absolute atomic E-state index is 0.214. The molecule has 1 aromatic carbocycles. The molecule has 1 aliphatic rings. The first-order chi connectivity index (χ1) is 9.19. The summed E-state index contributed by atoms with van der Waals surface area (Å²) in [4.78, 5) is 0. The van der Waals surface area contributed by atoms with E-state index in [1.807, 2.05) is 14.2 Å². The Morgan fingerprint density at radius 3 is 2.37 bits per heavy atom. The van der Waals surface area contributed by atoms with Gasteiger partial charge in [-0.05, 0) is 42.9 Å². The minimum Gasteiger partial charge on any atom is -0.379 e. The minimum atomic E-state index is 0.214. The van der Waals surface area contributed by atoms with E-state index < -0.39 is 0 Å². The van der Waals surface area contributed by atoms with Gasteiger partial charge in [-0.2, -0.15) is 0 Å². The summed E-state index contributed by atoms with van der Waals surface area (Å²) in [5.74, 6) is 1.26. The lowest BCUT2D eigenvalue weighted by Crippen LogP contribution is -2.35. The zero-order valence-corrected chi connectivity index (χ0v) is 12.6. The lowest BCUT2D eigenvalue weighted by atomic mass is 9.76. The lowest BCUT2D eigenvalue weighted by Gasteiger charge is -2.34. The van der Waals surface area contributed by atoms with Crippen molar-refractivity contribution in [2.24, 2.45) is 5.92 Å². The highest BCUT2D eigenvalue weighted by Gasteiger charge is 2.29. The molecule has 0 radical (unpaired) electrons. The molecule has 106 valence electrons. The number of likely N-dealkylation sites (N-methyl/N-ethyl adjacent to an activating group) is 1. The highest BCUT2D eigenvalue weighted by Crippen LogP contribution is 2.40. The van der Waals surface area contributed by atoms with Gasteiger partial charge in [0.25, 0.3) is 0 Å². The molecule has 0 heterocycles. The topological polar surface area (TPSA) is 21.3 Å². The van der Waals surface area contributed by atoms with E-state index in [0.29, 0.717) is 5.92 Å². The van der Waals surface area contributed by atoms with Crippen molar-refractivity contribution in [1.82, 2.24) is 5.32 Å². The second-order valence-electron chi connectivity index (χ2n) is 5.97. The Morgan fingerprint density at radius 1 is 1.21 bits per heavy atom. The average Bonchev–Trinajstić information content (AvgIpc) is 2.34. The molecule has 2 atom stereocenters. The van der Waals surface area contributed by atoms with Crippen LogP contribution in [-0.4, -0.2) is 20.3 Å². The zero-order chi connectivity index (χ0) is 13.8. The van der Waals surface area contributed by atoms with Gasteiger partial charge in [-0.3, -0.25) is 0 Å². The third-order valence-corrected chi connectivity index (χ3v) is 4.44. The number of hydrogen-bond donors (Lipinski definition) is 1. The third kappa shape index (κ3) is 3.01. The van der Waals surface area contributed by atoms with Crippen molar-refractivity contribution in [2.75, 3.05) is 14.2 Å². The van der Waals surface area contributed by atoms with Gasteiger partial charge >= 0.3 is 0 Å². The van der Waals surface area contributed by atoms with Gasteiger partial charge in [0, 0.05) is 7.11 Å². The number of nitrogens with one attached hydrogen (secondary N) is 1. The summed E-state index contributed by atoms with van der Waals surface area (Å²) < 4.78 is 5.74. The molecule has 1 aromatic rings. The van der Waals surface area contributed by atoms with Gasteiger partial charge in [-0.15, -0.1) is 0 Å². The Balaban J connectivity index is 2.31.